The van der Waals surface area contributed by atoms with Crippen LogP contribution in [0.4, 0.5) is 11.4 Å². The number of aromatic hydroxyl groups is 1. The zero-order valence-corrected chi connectivity index (χ0v) is 24.0. The number of phenols is 1. The van der Waals surface area contributed by atoms with Crippen molar-refractivity contribution in [1.82, 2.24) is 14.3 Å². The number of phenolic OH excluding ortho intramolecular Hbond substituents is 1. The average Bonchev–Trinajstić information content (AvgIpc) is 3.25. The summed E-state index contributed by atoms with van der Waals surface area (Å²) in [6.07, 6.45) is 0. The minimum absolute atomic E-state index is 0.0644. The fourth-order valence-corrected chi connectivity index (χ4v) is 5.40. The molecule has 2 amide bonds. The highest BCUT2D eigenvalue weighted by Gasteiger charge is 2.28. The predicted octanol–water partition coefficient (Wildman–Crippen LogP) is 5.28. The number of carbonyl (C=O) groups excluding carboxylic acids is 2. The molecular formula is C31H30ClN5O4. The Balaban J connectivity index is 1.68. The maximum Gasteiger partial charge on any atom is 0.291 e. The van der Waals surface area contributed by atoms with E-state index in [1.807, 2.05) is 38.1 Å². The van der Waals surface area contributed by atoms with Crippen LogP contribution in [0.15, 0.2) is 71.5 Å². The first-order chi connectivity index (χ1) is 19.7. The van der Waals surface area contributed by atoms with Gasteiger partial charge in [0.1, 0.15) is 17.8 Å². The SMILES string of the molecule is CCN(C(=O)Cn1nc(C(=O)N(CC)c2cccc(Cl)c2)c2c3ccccc3n(C)c2c1=O)c1ccc(O)c(C)c1. The number of likely N-dealkylation sites (N-methyl/N-ethyl adjacent to an activating group) is 1. The molecule has 0 aliphatic heterocycles. The van der Waals surface area contributed by atoms with Crippen molar-refractivity contribution in [3.05, 3.63) is 93.4 Å². The van der Waals surface area contributed by atoms with E-state index in [0.717, 1.165) is 10.2 Å². The maximum absolute atomic E-state index is 14.2. The lowest BCUT2D eigenvalue weighted by Crippen LogP contribution is -2.39. The number of aryl methyl sites for hydroxylation is 2. The first kappa shape index (κ1) is 27.9. The molecule has 5 aromatic rings. The van der Waals surface area contributed by atoms with E-state index >= 15 is 0 Å². The van der Waals surface area contributed by atoms with Gasteiger partial charge in [-0.3, -0.25) is 14.4 Å². The number of carbonyl (C=O) groups is 2. The maximum atomic E-state index is 14.2. The molecule has 0 bridgehead atoms. The molecule has 0 unspecified atom stereocenters. The lowest BCUT2D eigenvalue weighted by Gasteiger charge is -2.23. The molecule has 5 rings (SSSR count). The normalized spacial score (nSPS) is 11.2. The van der Waals surface area contributed by atoms with Crippen LogP contribution in [-0.4, -0.2) is 44.4 Å². The second-order valence-corrected chi connectivity index (χ2v) is 10.2. The molecule has 1 N–H and O–H groups in total. The van der Waals surface area contributed by atoms with Gasteiger partial charge in [0, 0.05) is 52.8 Å². The number of fused-ring (bicyclic) bond motifs is 3. The molecule has 10 heteroatoms. The highest BCUT2D eigenvalue weighted by Crippen LogP contribution is 2.30. The summed E-state index contributed by atoms with van der Waals surface area (Å²) < 4.78 is 2.81. The Kier molecular flexibility index (Phi) is 7.55. The second-order valence-electron chi connectivity index (χ2n) is 9.75. The van der Waals surface area contributed by atoms with Crippen LogP contribution < -0.4 is 15.4 Å². The molecular weight excluding hydrogens is 542 g/mol. The number of benzene rings is 3. The van der Waals surface area contributed by atoms with E-state index < -0.39 is 11.5 Å². The van der Waals surface area contributed by atoms with E-state index in [4.69, 9.17) is 11.6 Å². The predicted molar refractivity (Wildman–Crippen MR) is 162 cm³/mol. The number of para-hydroxylation sites is 1. The van der Waals surface area contributed by atoms with E-state index in [1.54, 1.807) is 59.8 Å². The minimum atomic E-state index is -0.479. The number of aromatic nitrogens is 3. The summed E-state index contributed by atoms with van der Waals surface area (Å²) in [5.74, 6) is -0.676. The number of anilines is 2. The molecule has 0 spiro atoms. The number of hydrogen-bond acceptors (Lipinski definition) is 5. The smallest absolute Gasteiger partial charge is 0.291 e. The molecule has 2 heterocycles. The molecule has 3 aromatic carbocycles. The van der Waals surface area contributed by atoms with Gasteiger partial charge in [0.15, 0.2) is 5.69 Å². The van der Waals surface area contributed by atoms with E-state index in [0.29, 0.717) is 45.8 Å². The zero-order valence-electron chi connectivity index (χ0n) is 23.3. The number of amides is 2. The molecule has 0 radical (unpaired) electrons. The molecule has 2 aromatic heterocycles. The van der Waals surface area contributed by atoms with Crippen LogP contribution in [0.1, 0.15) is 29.9 Å². The van der Waals surface area contributed by atoms with Crippen molar-refractivity contribution in [3.63, 3.8) is 0 Å². The topological polar surface area (TPSA) is 101 Å². The Morgan fingerprint density at radius 3 is 2.34 bits per heavy atom. The fraction of sp³-hybridized carbons (Fsp3) is 0.226. The summed E-state index contributed by atoms with van der Waals surface area (Å²) in [4.78, 5) is 44.6. The van der Waals surface area contributed by atoms with Gasteiger partial charge in [0.05, 0.1) is 0 Å². The van der Waals surface area contributed by atoms with Crippen molar-refractivity contribution >= 4 is 56.6 Å². The van der Waals surface area contributed by atoms with E-state index in [9.17, 15) is 19.5 Å². The van der Waals surface area contributed by atoms with Crippen LogP contribution >= 0.6 is 11.6 Å². The van der Waals surface area contributed by atoms with Gasteiger partial charge in [-0.15, -0.1) is 0 Å². The van der Waals surface area contributed by atoms with Crippen molar-refractivity contribution in [2.45, 2.75) is 27.3 Å². The fourth-order valence-electron chi connectivity index (χ4n) is 5.22. The second kappa shape index (κ2) is 11.1. The van der Waals surface area contributed by atoms with E-state index in [2.05, 4.69) is 5.10 Å². The van der Waals surface area contributed by atoms with Crippen LogP contribution in [0.3, 0.4) is 0 Å². The van der Waals surface area contributed by atoms with E-state index in [-0.39, 0.29) is 29.4 Å². The van der Waals surface area contributed by atoms with Gasteiger partial charge in [-0.05, 0) is 68.8 Å². The van der Waals surface area contributed by atoms with Crippen LogP contribution in [-0.2, 0) is 18.4 Å². The Hall–Kier alpha value is -4.63. The molecule has 0 saturated heterocycles. The van der Waals surface area contributed by atoms with Crippen molar-refractivity contribution in [1.29, 1.82) is 0 Å². The summed E-state index contributed by atoms with van der Waals surface area (Å²) in [7, 11) is 1.76. The van der Waals surface area contributed by atoms with Crippen LogP contribution in [0.2, 0.25) is 5.02 Å². The standard InChI is InChI=1S/C31H30ClN5O4/c1-5-35(22-14-15-25(38)19(3)16-22)26(39)18-37-31(41)29-27(23-12-7-8-13-24(23)34(29)4)28(33-37)30(40)36(6-2)21-11-9-10-20(32)17-21/h7-17,38H,5-6,18H2,1-4H3. The summed E-state index contributed by atoms with van der Waals surface area (Å²) in [6.45, 7) is 5.69. The first-order valence-corrected chi connectivity index (χ1v) is 13.7. The average molecular weight is 572 g/mol. The van der Waals surface area contributed by atoms with Gasteiger partial charge in [0.2, 0.25) is 5.91 Å². The van der Waals surface area contributed by atoms with Crippen molar-refractivity contribution in [2.24, 2.45) is 7.05 Å². The summed E-state index contributed by atoms with van der Waals surface area (Å²) in [5, 5.41) is 16.1. The molecule has 0 atom stereocenters. The zero-order chi connectivity index (χ0) is 29.4. The lowest BCUT2D eigenvalue weighted by molar-refractivity contribution is -0.119. The highest BCUT2D eigenvalue weighted by atomic mass is 35.5. The van der Waals surface area contributed by atoms with Gasteiger partial charge in [-0.25, -0.2) is 4.68 Å². The Labute approximate surface area is 241 Å². The number of halogens is 1. The Morgan fingerprint density at radius 2 is 1.66 bits per heavy atom. The quantitative estimate of drug-likeness (QED) is 0.287. The van der Waals surface area contributed by atoms with Gasteiger partial charge in [-0.1, -0.05) is 35.9 Å². The van der Waals surface area contributed by atoms with Crippen molar-refractivity contribution < 1.29 is 14.7 Å². The monoisotopic (exact) mass is 571 g/mol. The van der Waals surface area contributed by atoms with Gasteiger partial charge >= 0.3 is 0 Å². The number of rotatable bonds is 7. The Bertz CT molecular complexity index is 1880. The first-order valence-electron chi connectivity index (χ1n) is 13.3. The molecule has 0 aliphatic rings. The molecule has 210 valence electrons. The number of hydrogen-bond donors (Lipinski definition) is 1. The molecule has 9 nitrogen and oxygen atoms in total. The van der Waals surface area contributed by atoms with Crippen LogP contribution in [0, 0.1) is 6.92 Å². The molecule has 41 heavy (non-hydrogen) atoms. The number of nitrogens with zero attached hydrogens (tertiary/aromatic N) is 5. The molecule has 0 saturated carbocycles. The van der Waals surface area contributed by atoms with Crippen LogP contribution in [0.25, 0.3) is 21.8 Å². The Morgan fingerprint density at radius 1 is 0.951 bits per heavy atom. The minimum Gasteiger partial charge on any atom is -0.508 e. The summed E-state index contributed by atoms with van der Waals surface area (Å²) in [6, 6.07) is 19.3. The summed E-state index contributed by atoms with van der Waals surface area (Å²) in [5.41, 5.74) is 2.43. The van der Waals surface area contributed by atoms with Crippen LogP contribution in [0.5, 0.6) is 5.75 Å². The van der Waals surface area contributed by atoms with Gasteiger partial charge < -0.3 is 19.5 Å². The molecule has 0 aliphatic carbocycles. The lowest BCUT2D eigenvalue weighted by atomic mass is 10.1. The van der Waals surface area contributed by atoms with Gasteiger partial charge in [0.25, 0.3) is 11.5 Å². The van der Waals surface area contributed by atoms with Crippen molar-refractivity contribution in [2.75, 3.05) is 22.9 Å². The van der Waals surface area contributed by atoms with Gasteiger partial charge in [-0.2, -0.15) is 5.10 Å². The molecule has 0 fully saturated rings. The third-order valence-electron chi connectivity index (χ3n) is 7.28. The highest BCUT2D eigenvalue weighted by molar-refractivity contribution is 6.31. The third kappa shape index (κ3) is 4.93. The summed E-state index contributed by atoms with van der Waals surface area (Å²) >= 11 is 6.23. The largest absolute Gasteiger partial charge is 0.508 e. The third-order valence-corrected chi connectivity index (χ3v) is 7.51. The van der Waals surface area contributed by atoms with E-state index in [1.165, 1.54) is 11.0 Å². The van der Waals surface area contributed by atoms with Crippen molar-refractivity contribution in [3.8, 4) is 5.75 Å².